The van der Waals surface area contributed by atoms with Crippen molar-refractivity contribution in [3.63, 3.8) is 0 Å². The Labute approximate surface area is 70.6 Å². The first-order chi connectivity index (χ1) is 5.59. The molecule has 1 aromatic heterocycles. The van der Waals surface area contributed by atoms with Crippen molar-refractivity contribution in [2.75, 3.05) is 5.32 Å². The van der Waals surface area contributed by atoms with Crippen molar-refractivity contribution in [2.45, 2.75) is 13.3 Å². The van der Waals surface area contributed by atoms with Crippen molar-refractivity contribution in [3.05, 3.63) is 5.01 Å². The van der Waals surface area contributed by atoms with Crippen LogP contribution < -0.4 is 5.32 Å². The molecule has 0 unspecified atom stereocenters. The molecule has 1 heterocycles. The Morgan fingerprint density at radius 2 is 2.25 bits per heavy atom. The van der Waals surface area contributed by atoms with E-state index in [1.165, 1.54) is 0 Å². The van der Waals surface area contributed by atoms with E-state index in [0.717, 1.165) is 11.3 Å². The van der Waals surface area contributed by atoms with Gasteiger partial charge in [-0.1, -0.05) is 11.3 Å². The molecule has 0 spiro atoms. The quantitative estimate of drug-likeness (QED) is 0.763. The number of hydrogen-bond acceptors (Lipinski definition) is 4. The fraction of sp³-hybridized carbons (Fsp3) is 0.400. The van der Waals surface area contributed by atoms with Crippen LogP contribution in [0.15, 0.2) is 0 Å². The molecular formula is C5H5F2N3OS. The fourth-order valence-corrected chi connectivity index (χ4v) is 1.10. The summed E-state index contributed by atoms with van der Waals surface area (Å²) in [6.07, 6.45) is -3.02. The maximum atomic E-state index is 11.7. The zero-order chi connectivity index (χ0) is 9.14. The van der Waals surface area contributed by atoms with E-state index in [1.54, 1.807) is 6.92 Å². The molecule has 1 amide bonds. The third kappa shape index (κ3) is 2.19. The molecule has 12 heavy (non-hydrogen) atoms. The molecular weight excluding hydrogens is 188 g/mol. The topological polar surface area (TPSA) is 54.9 Å². The van der Waals surface area contributed by atoms with Crippen molar-refractivity contribution in [1.29, 1.82) is 0 Å². The second kappa shape index (κ2) is 3.53. The summed E-state index contributed by atoms with van der Waals surface area (Å²) < 4.78 is 23.3. The second-order valence-electron chi connectivity index (χ2n) is 1.92. The number of aryl methyl sites for hydroxylation is 1. The van der Waals surface area contributed by atoms with Crippen molar-refractivity contribution in [2.24, 2.45) is 0 Å². The molecule has 0 fully saturated rings. The summed E-state index contributed by atoms with van der Waals surface area (Å²) in [6.45, 7) is 1.66. The Kier molecular flexibility index (Phi) is 2.64. The molecule has 0 saturated heterocycles. The van der Waals surface area contributed by atoms with Gasteiger partial charge in [-0.05, 0) is 6.92 Å². The van der Waals surface area contributed by atoms with Gasteiger partial charge in [0.15, 0.2) is 0 Å². The molecule has 0 radical (unpaired) electrons. The molecule has 4 nitrogen and oxygen atoms in total. The van der Waals surface area contributed by atoms with Crippen molar-refractivity contribution in [1.82, 2.24) is 10.2 Å². The summed E-state index contributed by atoms with van der Waals surface area (Å²) in [7, 11) is 0. The number of amides is 1. The number of carbonyl (C=O) groups excluding carboxylic acids is 1. The monoisotopic (exact) mass is 193 g/mol. The number of nitrogens with one attached hydrogen (secondary N) is 1. The van der Waals surface area contributed by atoms with E-state index < -0.39 is 12.3 Å². The van der Waals surface area contributed by atoms with Gasteiger partial charge in [-0.25, -0.2) is 0 Å². The summed E-state index contributed by atoms with van der Waals surface area (Å²) >= 11 is 1.05. The van der Waals surface area contributed by atoms with Gasteiger partial charge in [0.25, 0.3) is 5.91 Å². The molecule has 0 saturated carbocycles. The van der Waals surface area contributed by atoms with Crippen LogP contribution in [0.25, 0.3) is 0 Å². The van der Waals surface area contributed by atoms with Gasteiger partial charge in [-0.3, -0.25) is 10.1 Å². The Morgan fingerprint density at radius 1 is 1.58 bits per heavy atom. The van der Waals surface area contributed by atoms with Gasteiger partial charge in [0, 0.05) is 0 Å². The lowest BCUT2D eigenvalue weighted by atomic mass is 10.6. The Bertz CT molecular complexity index is 288. The number of hydrogen-bond donors (Lipinski definition) is 1. The molecule has 0 aromatic carbocycles. The highest BCUT2D eigenvalue weighted by Gasteiger charge is 2.16. The van der Waals surface area contributed by atoms with Crippen LogP contribution in [-0.4, -0.2) is 22.5 Å². The van der Waals surface area contributed by atoms with Gasteiger partial charge in [0.1, 0.15) is 5.01 Å². The van der Waals surface area contributed by atoms with E-state index >= 15 is 0 Å². The average Bonchev–Trinajstić information content (AvgIpc) is 2.35. The minimum atomic E-state index is -3.02. The lowest BCUT2D eigenvalue weighted by Crippen LogP contribution is -2.19. The Balaban J connectivity index is 2.58. The molecule has 0 aliphatic rings. The summed E-state index contributed by atoms with van der Waals surface area (Å²) in [6, 6.07) is 0. The molecule has 1 rings (SSSR count). The SMILES string of the molecule is Cc1nnc(NC(=O)C(F)F)s1. The number of halogens is 2. The zero-order valence-corrected chi connectivity index (χ0v) is 6.86. The molecule has 66 valence electrons. The summed E-state index contributed by atoms with van der Waals surface area (Å²) in [5.41, 5.74) is 0. The number of alkyl halides is 2. The van der Waals surface area contributed by atoms with Crippen molar-refractivity contribution < 1.29 is 13.6 Å². The molecule has 7 heteroatoms. The lowest BCUT2D eigenvalue weighted by molar-refractivity contribution is -0.126. The standard InChI is InChI=1S/C5H5F2N3OS/c1-2-9-10-5(12-2)8-4(11)3(6)7/h3H,1H3,(H,8,10,11). The van der Waals surface area contributed by atoms with E-state index in [9.17, 15) is 13.6 Å². The van der Waals surface area contributed by atoms with E-state index in [-0.39, 0.29) is 5.13 Å². The smallest absolute Gasteiger partial charge is 0.296 e. The van der Waals surface area contributed by atoms with Crippen LogP contribution in [0.3, 0.4) is 0 Å². The summed E-state index contributed by atoms with van der Waals surface area (Å²) in [4.78, 5) is 10.4. The van der Waals surface area contributed by atoms with E-state index in [1.807, 2.05) is 5.32 Å². The van der Waals surface area contributed by atoms with Crippen LogP contribution in [0.1, 0.15) is 5.01 Å². The first-order valence-electron chi connectivity index (χ1n) is 2.98. The van der Waals surface area contributed by atoms with Crippen molar-refractivity contribution in [3.8, 4) is 0 Å². The first-order valence-corrected chi connectivity index (χ1v) is 3.80. The summed E-state index contributed by atoms with van der Waals surface area (Å²) in [5.74, 6) is -1.36. The second-order valence-corrected chi connectivity index (χ2v) is 3.10. The third-order valence-corrected chi connectivity index (χ3v) is 1.71. The van der Waals surface area contributed by atoms with Gasteiger partial charge >= 0.3 is 6.43 Å². The average molecular weight is 193 g/mol. The molecule has 0 atom stereocenters. The maximum absolute atomic E-state index is 11.7. The number of anilines is 1. The van der Waals surface area contributed by atoms with Gasteiger partial charge < -0.3 is 0 Å². The minimum absolute atomic E-state index is 0.0952. The largest absolute Gasteiger partial charge is 0.315 e. The first kappa shape index (κ1) is 8.98. The van der Waals surface area contributed by atoms with E-state index in [4.69, 9.17) is 0 Å². The molecule has 0 aliphatic heterocycles. The third-order valence-electron chi connectivity index (χ3n) is 0.954. The molecule has 1 N–H and O–H groups in total. The number of nitrogens with zero attached hydrogens (tertiary/aromatic N) is 2. The Morgan fingerprint density at radius 3 is 2.67 bits per heavy atom. The van der Waals surface area contributed by atoms with Gasteiger partial charge in [0.2, 0.25) is 5.13 Å². The Hall–Kier alpha value is -1.11. The van der Waals surface area contributed by atoms with Gasteiger partial charge in [-0.2, -0.15) is 8.78 Å². The van der Waals surface area contributed by atoms with Gasteiger partial charge in [0.05, 0.1) is 0 Å². The lowest BCUT2D eigenvalue weighted by Gasteiger charge is -1.96. The highest BCUT2D eigenvalue weighted by Crippen LogP contribution is 2.14. The van der Waals surface area contributed by atoms with Crippen LogP contribution in [-0.2, 0) is 4.79 Å². The number of rotatable bonds is 2. The minimum Gasteiger partial charge on any atom is -0.296 e. The predicted octanol–water partition coefficient (Wildman–Crippen LogP) is 1.05. The molecule has 0 aliphatic carbocycles. The highest BCUT2D eigenvalue weighted by molar-refractivity contribution is 7.15. The van der Waals surface area contributed by atoms with Crippen LogP contribution in [0.4, 0.5) is 13.9 Å². The summed E-state index contributed by atoms with van der Waals surface area (Å²) in [5, 5.41) is 9.60. The normalized spacial score (nSPS) is 10.3. The van der Waals surface area contributed by atoms with E-state index in [0.29, 0.717) is 5.01 Å². The molecule has 0 bridgehead atoms. The number of aromatic nitrogens is 2. The highest BCUT2D eigenvalue weighted by atomic mass is 32.1. The van der Waals surface area contributed by atoms with E-state index in [2.05, 4.69) is 10.2 Å². The van der Waals surface area contributed by atoms with Crippen LogP contribution >= 0.6 is 11.3 Å². The van der Waals surface area contributed by atoms with Crippen LogP contribution in [0.2, 0.25) is 0 Å². The van der Waals surface area contributed by atoms with Crippen LogP contribution in [0.5, 0.6) is 0 Å². The fourth-order valence-electron chi connectivity index (χ4n) is 0.507. The van der Waals surface area contributed by atoms with Crippen molar-refractivity contribution >= 4 is 22.4 Å². The maximum Gasteiger partial charge on any atom is 0.315 e. The molecule has 1 aromatic rings. The van der Waals surface area contributed by atoms with Gasteiger partial charge in [-0.15, -0.1) is 10.2 Å². The number of carbonyl (C=O) groups is 1. The zero-order valence-electron chi connectivity index (χ0n) is 6.04. The predicted molar refractivity (Wildman–Crippen MR) is 39.3 cm³/mol. The van der Waals surface area contributed by atoms with Crippen LogP contribution in [0, 0.1) is 6.92 Å².